The second-order valence-corrected chi connectivity index (χ2v) is 8.73. The number of carbonyl (C=O) groups is 1. The van der Waals surface area contributed by atoms with Gasteiger partial charge in [0.05, 0.1) is 5.92 Å². The molecule has 1 N–H and O–H groups in total. The van der Waals surface area contributed by atoms with Crippen molar-refractivity contribution in [3.63, 3.8) is 0 Å². The third kappa shape index (κ3) is 4.47. The fourth-order valence-electron chi connectivity index (χ4n) is 2.54. The van der Waals surface area contributed by atoms with E-state index in [1.54, 1.807) is 11.8 Å². The molecular formula is C15H23N3O3S2. The highest BCUT2D eigenvalue weighted by molar-refractivity contribution is 7.98. The molecule has 1 fully saturated rings. The molecule has 0 aromatic heterocycles. The summed E-state index contributed by atoms with van der Waals surface area (Å²) >= 11 is 1.61. The van der Waals surface area contributed by atoms with Gasteiger partial charge in [0.25, 0.3) is 10.2 Å². The number of thioether (sulfide) groups is 1. The van der Waals surface area contributed by atoms with Crippen LogP contribution in [0.2, 0.25) is 0 Å². The van der Waals surface area contributed by atoms with Gasteiger partial charge in [0, 0.05) is 37.8 Å². The summed E-state index contributed by atoms with van der Waals surface area (Å²) in [4.78, 5) is 13.5. The number of anilines is 1. The Bertz CT molecular complexity index is 662. The van der Waals surface area contributed by atoms with E-state index in [0.29, 0.717) is 19.4 Å². The fourth-order valence-corrected chi connectivity index (χ4v) is 4.19. The molecule has 1 atom stereocenters. The minimum Gasteiger partial charge on any atom is -0.326 e. The highest BCUT2D eigenvalue weighted by Gasteiger charge is 2.33. The largest absolute Gasteiger partial charge is 0.326 e. The molecule has 23 heavy (non-hydrogen) atoms. The number of amides is 1. The van der Waals surface area contributed by atoms with Crippen molar-refractivity contribution < 1.29 is 13.2 Å². The normalized spacial score (nSPS) is 19.7. The highest BCUT2D eigenvalue weighted by Crippen LogP contribution is 2.23. The zero-order chi connectivity index (χ0) is 17.0. The van der Waals surface area contributed by atoms with Crippen molar-refractivity contribution in [1.29, 1.82) is 0 Å². The van der Waals surface area contributed by atoms with E-state index in [1.165, 1.54) is 22.7 Å². The van der Waals surface area contributed by atoms with Gasteiger partial charge in [-0.15, -0.1) is 11.8 Å². The van der Waals surface area contributed by atoms with Gasteiger partial charge in [0.2, 0.25) is 5.91 Å². The van der Waals surface area contributed by atoms with Crippen LogP contribution in [-0.4, -0.2) is 56.4 Å². The molecule has 0 spiro atoms. The molecule has 1 saturated heterocycles. The Morgan fingerprint density at radius 3 is 2.78 bits per heavy atom. The van der Waals surface area contributed by atoms with Gasteiger partial charge in [-0.3, -0.25) is 4.79 Å². The van der Waals surface area contributed by atoms with Crippen LogP contribution in [0.5, 0.6) is 0 Å². The fraction of sp³-hybridized carbons (Fsp3) is 0.533. The van der Waals surface area contributed by atoms with Gasteiger partial charge in [0.1, 0.15) is 0 Å². The average Bonchev–Trinajstić information content (AvgIpc) is 2.55. The molecule has 1 heterocycles. The molecule has 0 unspecified atom stereocenters. The predicted molar refractivity (Wildman–Crippen MR) is 93.8 cm³/mol. The topological polar surface area (TPSA) is 69.7 Å². The van der Waals surface area contributed by atoms with Gasteiger partial charge in [-0.1, -0.05) is 6.07 Å². The van der Waals surface area contributed by atoms with Crippen LogP contribution >= 0.6 is 11.8 Å². The molecule has 2 rings (SSSR count). The average molecular weight is 358 g/mol. The molecular weight excluding hydrogens is 334 g/mol. The third-order valence-electron chi connectivity index (χ3n) is 3.88. The summed E-state index contributed by atoms with van der Waals surface area (Å²) in [6, 6.07) is 7.63. The van der Waals surface area contributed by atoms with Crippen molar-refractivity contribution in [2.45, 2.75) is 17.7 Å². The quantitative estimate of drug-likeness (QED) is 0.817. The van der Waals surface area contributed by atoms with Crippen LogP contribution in [0.25, 0.3) is 0 Å². The lowest BCUT2D eigenvalue weighted by atomic mass is 9.99. The molecule has 0 saturated carbocycles. The maximum atomic E-state index is 12.5. The van der Waals surface area contributed by atoms with E-state index in [4.69, 9.17) is 0 Å². The number of rotatable bonds is 5. The number of nitrogens with one attached hydrogen (secondary N) is 1. The van der Waals surface area contributed by atoms with Crippen LogP contribution in [0, 0.1) is 5.92 Å². The molecule has 1 aromatic carbocycles. The first-order chi connectivity index (χ1) is 10.8. The molecule has 1 aliphatic rings. The summed E-state index contributed by atoms with van der Waals surface area (Å²) in [5, 5.41) is 2.90. The Labute approximate surface area is 142 Å². The second kappa shape index (κ2) is 7.65. The van der Waals surface area contributed by atoms with Gasteiger partial charge >= 0.3 is 0 Å². The molecule has 0 bridgehead atoms. The molecule has 8 heteroatoms. The van der Waals surface area contributed by atoms with Crippen molar-refractivity contribution in [1.82, 2.24) is 8.61 Å². The lowest BCUT2D eigenvalue weighted by Gasteiger charge is -2.32. The number of hydrogen-bond donors (Lipinski definition) is 1. The Morgan fingerprint density at radius 2 is 2.13 bits per heavy atom. The van der Waals surface area contributed by atoms with Crippen LogP contribution in [0.4, 0.5) is 5.69 Å². The van der Waals surface area contributed by atoms with E-state index in [0.717, 1.165) is 10.6 Å². The van der Waals surface area contributed by atoms with Gasteiger partial charge in [-0.25, -0.2) is 0 Å². The summed E-state index contributed by atoms with van der Waals surface area (Å²) in [5.74, 6) is -0.446. The van der Waals surface area contributed by atoms with Crippen LogP contribution in [0.15, 0.2) is 29.2 Å². The van der Waals surface area contributed by atoms with E-state index < -0.39 is 10.2 Å². The summed E-state index contributed by atoms with van der Waals surface area (Å²) < 4.78 is 27.0. The molecule has 1 aliphatic heterocycles. The van der Waals surface area contributed by atoms with Crippen LogP contribution in [0.1, 0.15) is 12.8 Å². The molecule has 6 nitrogen and oxygen atoms in total. The molecule has 0 radical (unpaired) electrons. The van der Waals surface area contributed by atoms with Gasteiger partial charge in [0.15, 0.2) is 0 Å². The van der Waals surface area contributed by atoms with Gasteiger partial charge < -0.3 is 5.32 Å². The van der Waals surface area contributed by atoms with Crippen LogP contribution in [0.3, 0.4) is 0 Å². The number of hydrogen-bond acceptors (Lipinski definition) is 4. The minimum absolute atomic E-state index is 0.123. The molecule has 1 aromatic rings. The Morgan fingerprint density at radius 1 is 1.39 bits per heavy atom. The minimum atomic E-state index is -3.47. The second-order valence-electron chi connectivity index (χ2n) is 5.71. The first kappa shape index (κ1) is 18.3. The van der Waals surface area contributed by atoms with Crippen LogP contribution in [-0.2, 0) is 15.0 Å². The van der Waals surface area contributed by atoms with Gasteiger partial charge in [-0.05, 0) is 37.3 Å². The van der Waals surface area contributed by atoms with Crippen molar-refractivity contribution in [3.05, 3.63) is 24.3 Å². The number of nitrogens with zero attached hydrogens (tertiary/aromatic N) is 2. The maximum Gasteiger partial charge on any atom is 0.281 e. The number of benzene rings is 1. The standard InChI is InChI=1S/C15H23N3O3S2/c1-17(2)23(20,21)18-9-5-6-12(11-18)15(19)16-13-7-4-8-14(10-13)22-3/h4,7-8,10,12H,5-6,9,11H2,1-3H3,(H,16,19)/t12-/m1/s1. The zero-order valence-corrected chi connectivity index (χ0v) is 15.3. The van der Waals surface area contributed by atoms with E-state index in [9.17, 15) is 13.2 Å². The number of piperidine rings is 1. The summed E-state index contributed by atoms with van der Waals surface area (Å²) in [7, 11) is -0.453. The third-order valence-corrected chi connectivity index (χ3v) is 6.51. The summed E-state index contributed by atoms with van der Waals surface area (Å²) in [6.45, 7) is 0.695. The van der Waals surface area contributed by atoms with Crippen molar-refractivity contribution >= 4 is 33.6 Å². The van der Waals surface area contributed by atoms with Crippen molar-refractivity contribution in [2.75, 3.05) is 38.8 Å². The van der Waals surface area contributed by atoms with E-state index >= 15 is 0 Å². The molecule has 128 valence electrons. The molecule has 0 aliphatic carbocycles. The maximum absolute atomic E-state index is 12.5. The highest BCUT2D eigenvalue weighted by atomic mass is 32.2. The Balaban J connectivity index is 2.04. The van der Waals surface area contributed by atoms with Crippen molar-refractivity contribution in [2.24, 2.45) is 5.92 Å². The summed E-state index contributed by atoms with van der Waals surface area (Å²) in [5.41, 5.74) is 0.745. The lowest BCUT2D eigenvalue weighted by molar-refractivity contribution is -0.120. The predicted octanol–water partition coefficient (Wildman–Crippen LogP) is 1.87. The monoisotopic (exact) mass is 357 g/mol. The zero-order valence-electron chi connectivity index (χ0n) is 13.7. The van der Waals surface area contributed by atoms with Crippen molar-refractivity contribution in [3.8, 4) is 0 Å². The van der Waals surface area contributed by atoms with Crippen LogP contribution < -0.4 is 5.32 Å². The first-order valence-corrected chi connectivity index (χ1v) is 10.1. The number of carbonyl (C=O) groups excluding carboxylic acids is 1. The Hall–Kier alpha value is -1.09. The van der Waals surface area contributed by atoms with Gasteiger partial charge in [-0.2, -0.15) is 17.0 Å². The lowest BCUT2D eigenvalue weighted by Crippen LogP contribution is -2.47. The SMILES string of the molecule is CSc1cccc(NC(=O)[C@@H]2CCCN(S(=O)(=O)N(C)C)C2)c1. The van der Waals surface area contributed by atoms with E-state index in [2.05, 4.69) is 5.32 Å². The summed E-state index contributed by atoms with van der Waals surface area (Å²) in [6.07, 6.45) is 3.37. The first-order valence-electron chi connectivity index (χ1n) is 7.47. The molecule has 1 amide bonds. The van der Waals surface area contributed by atoms with E-state index in [1.807, 2.05) is 30.5 Å². The smallest absolute Gasteiger partial charge is 0.281 e. The van der Waals surface area contributed by atoms with E-state index in [-0.39, 0.29) is 18.4 Å². The Kier molecular flexibility index (Phi) is 6.07.